The maximum absolute atomic E-state index is 13.1. The number of carbonyl (C=O) groups is 4. The highest BCUT2D eigenvalue weighted by Gasteiger charge is 2.49. The van der Waals surface area contributed by atoms with Crippen molar-refractivity contribution in [1.82, 2.24) is 15.1 Å². The van der Waals surface area contributed by atoms with E-state index in [2.05, 4.69) is 21.2 Å². The van der Waals surface area contributed by atoms with Gasteiger partial charge in [0.15, 0.2) is 0 Å². The van der Waals surface area contributed by atoms with Crippen molar-refractivity contribution in [3.63, 3.8) is 0 Å². The molecule has 1 heterocycles. The van der Waals surface area contributed by atoms with Gasteiger partial charge < -0.3 is 16.0 Å². The fourth-order valence-corrected chi connectivity index (χ4v) is 3.81. The van der Waals surface area contributed by atoms with Gasteiger partial charge in [0.05, 0.1) is 0 Å². The van der Waals surface area contributed by atoms with Crippen LogP contribution in [0.3, 0.4) is 0 Å². The van der Waals surface area contributed by atoms with E-state index in [0.717, 1.165) is 14.9 Å². The average molecular weight is 487 g/mol. The third-order valence-electron chi connectivity index (χ3n) is 5.17. The van der Waals surface area contributed by atoms with Gasteiger partial charge in [-0.2, -0.15) is 0 Å². The Hall–Kier alpha value is -3.20. The smallest absolute Gasteiger partial charge is 0.325 e. The van der Waals surface area contributed by atoms with Gasteiger partial charge in [-0.05, 0) is 30.2 Å². The number of hydrogen-bond acceptors (Lipinski definition) is 4. The summed E-state index contributed by atoms with van der Waals surface area (Å²) in [5.74, 6) is -1.51. The first kappa shape index (κ1) is 22.5. The molecule has 0 aromatic heterocycles. The van der Waals surface area contributed by atoms with Gasteiger partial charge in [0, 0.05) is 24.0 Å². The number of nitrogens with two attached hydrogens (primary N) is 1. The SMILES string of the molecule is C[C@]1(c2cccc(Br)c2)NC(=O)N(CC(=O)N(CCC(N)=O)Cc2ccccc2)C1=O. The van der Waals surface area contributed by atoms with E-state index < -0.39 is 35.8 Å². The molecule has 0 unspecified atom stereocenters. The van der Waals surface area contributed by atoms with E-state index in [4.69, 9.17) is 5.73 Å². The molecule has 3 N–H and O–H groups in total. The summed E-state index contributed by atoms with van der Waals surface area (Å²) in [4.78, 5) is 52.3. The topological polar surface area (TPSA) is 113 Å². The average Bonchev–Trinajstić information content (AvgIpc) is 2.95. The van der Waals surface area contributed by atoms with E-state index in [1.54, 1.807) is 25.1 Å². The van der Waals surface area contributed by atoms with Crippen LogP contribution in [-0.4, -0.2) is 46.6 Å². The van der Waals surface area contributed by atoms with Crippen molar-refractivity contribution in [3.05, 3.63) is 70.2 Å². The molecule has 5 amide bonds. The minimum absolute atomic E-state index is 0.0194. The molecule has 2 aromatic carbocycles. The van der Waals surface area contributed by atoms with Crippen LogP contribution in [0.1, 0.15) is 24.5 Å². The summed E-state index contributed by atoms with van der Waals surface area (Å²) in [7, 11) is 0. The number of imide groups is 1. The molecule has 0 bridgehead atoms. The van der Waals surface area contributed by atoms with Crippen molar-refractivity contribution in [2.24, 2.45) is 5.73 Å². The third-order valence-corrected chi connectivity index (χ3v) is 5.66. The molecule has 1 aliphatic heterocycles. The Balaban J connectivity index is 1.78. The van der Waals surface area contributed by atoms with Crippen LogP contribution in [0.25, 0.3) is 0 Å². The van der Waals surface area contributed by atoms with E-state index in [-0.39, 0.29) is 19.5 Å². The predicted molar refractivity (Wildman–Crippen MR) is 117 cm³/mol. The Labute approximate surface area is 188 Å². The Kier molecular flexibility index (Phi) is 6.74. The number of amides is 5. The molecule has 0 radical (unpaired) electrons. The molecule has 1 aliphatic rings. The molecule has 8 nitrogen and oxygen atoms in total. The van der Waals surface area contributed by atoms with E-state index in [1.807, 2.05) is 36.4 Å². The third kappa shape index (κ3) is 5.11. The Morgan fingerprint density at radius 3 is 2.48 bits per heavy atom. The predicted octanol–water partition coefficient (Wildman–Crippen LogP) is 2.12. The fourth-order valence-electron chi connectivity index (χ4n) is 3.41. The summed E-state index contributed by atoms with van der Waals surface area (Å²) >= 11 is 3.37. The van der Waals surface area contributed by atoms with Gasteiger partial charge in [0.2, 0.25) is 11.8 Å². The van der Waals surface area contributed by atoms with Gasteiger partial charge in [-0.25, -0.2) is 4.79 Å². The van der Waals surface area contributed by atoms with Crippen LogP contribution in [0.5, 0.6) is 0 Å². The lowest BCUT2D eigenvalue weighted by Crippen LogP contribution is -2.45. The van der Waals surface area contributed by atoms with Crippen LogP contribution in [0, 0.1) is 0 Å². The molecule has 1 fully saturated rings. The fraction of sp³-hybridized carbons (Fsp3) is 0.273. The Bertz CT molecular complexity index is 1010. The number of nitrogens with one attached hydrogen (secondary N) is 1. The number of urea groups is 1. The number of nitrogens with zero attached hydrogens (tertiary/aromatic N) is 2. The summed E-state index contributed by atoms with van der Waals surface area (Å²) in [5.41, 5.74) is 5.43. The van der Waals surface area contributed by atoms with E-state index in [0.29, 0.717) is 5.56 Å². The molecular weight excluding hydrogens is 464 g/mol. The van der Waals surface area contributed by atoms with Crippen LogP contribution in [-0.2, 0) is 26.5 Å². The molecule has 2 aromatic rings. The Morgan fingerprint density at radius 2 is 1.84 bits per heavy atom. The number of hydrogen-bond donors (Lipinski definition) is 2. The minimum atomic E-state index is -1.28. The molecule has 1 atom stereocenters. The van der Waals surface area contributed by atoms with Crippen molar-refractivity contribution >= 4 is 39.7 Å². The number of benzene rings is 2. The lowest BCUT2D eigenvalue weighted by Gasteiger charge is -2.25. The first-order chi connectivity index (χ1) is 14.7. The van der Waals surface area contributed by atoms with Gasteiger partial charge in [0.25, 0.3) is 5.91 Å². The molecule has 0 aliphatic carbocycles. The zero-order valence-electron chi connectivity index (χ0n) is 17.0. The van der Waals surface area contributed by atoms with Crippen molar-refractivity contribution in [1.29, 1.82) is 0 Å². The lowest BCUT2D eigenvalue weighted by molar-refractivity contribution is -0.139. The second kappa shape index (κ2) is 9.30. The molecule has 0 spiro atoms. The van der Waals surface area contributed by atoms with E-state index in [1.165, 1.54) is 4.90 Å². The summed E-state index contributed by atoms with van der Waals surface area (Å²) < 4.78 is 0.767. The highest BCUT2D eigenvalue weighted by atomic mass is 79.9. The van der Waals surface area contributed by atoms with Crippen LogP contribution in [0.4, 0.5) is 4.79 Å². The highest BCUT2D eigenvalue weighted by molar-refractivity contribution is 9.10. The zero-order valence-corrected chi connectivity index (χ0v) is 18.6. The molecule has 3 rings (SSSR count). The van der Waals surface area contributed by atoms with Gasteiger partial charge in [0.1, 0.15) is 12.1 Å². The van der Waals surface area contributed by atoms with Gasteiger partial charge in [-0.15, -0.1) is 0 Å². The van der Waals surface area contributed by atoms with Gasteiger partial charge in [-0.1, -0.05) is 58.4 Å². The summed E-state index contributed by atoms with van der Waals surface area (Å²) in [6.07, 6.45) is -0.0194. The largest absolute Gasteiger partial charge is 0.370 e. The van der Waals surface area contributed by atoms with Gasteiger partial charge in [-0.3, -0.25) is 19.3 Å². The number of halogens is 1. The van der Waals surface area contributed by atoms with Gasteiger partial charge >= 0.3 is 6.03 Å². The van der Waals surface area contributed by atoms with Crippen LogP contribution in [0.2, 0.25) is 0 Å². The molecule has 9 heteroatoms. The summed E-state index contributed by atoms with van der Waals surface area (Å²) in [6.45, 7) is 1.50. The molecule has 162 valence electrons. The maximum atomic E-state index is 13.1. The molecular formula is C22H23BrN4O4. The zero-order chi connectivity index (χ0) is 22.6. The quantitative estimate of drug-likeness (QED) is 0.556. The van der Waals surface area contributed by atoms with E-state index in [9.17, 15) is 19.2 Å². The Morgan fingerprint density at radius 1 is 1.13 bits per heavy atom. The van der Waals surface area contributed by atoms with E-state index >= 15 is 0 Å². The number of carbonyl (C=O) groups excluding carboxylic acids is 4. The van der Waals surface area contributed by atoms with Crippen molar-refractivity contribution < 1.29 is 19.2 Å². The second-order valence-corrected chi connectivity index (χ2v) is 8.39. The lowest BCUT2D eigenvalue weighted by atomic mass is 9.92. The minimum Gasteiger partial charge on any atom is -0.370 e. The highest BCUT2D eigenvalue weighted by Crippen LogP contribution is 2.30. The molecule has 1 saturated heterocycles. The monoisotopic (exact) mass is 486 g/mol. The standard InChI is InChI=1S/C22H23BrN4O4/c1-22(16-8-5-9-17(23)12-16)20(30)27(21(31)25-22)14-19(29)26(11-10-18(24)28)13-15-6-3-2-4-7-15/h2-9,12H,10-11,13-14H2,1H3,(H2,24,28)(H,25,31)/t22-/m1/s1. The van der Waals surface area contributed by atoms with Crippen molar-refractivity contribution in [2.75, 3.05) is 13.1 Å². The molecule has 0 saturated carbocycles. The number of rotatable bonds is 8. The van der Waals surface area contributed by atoms with Crippen molar-refractivity contribution in [2.45, 2.75) is 25.4 Å². The normalized spacial score (nSPS) is 18.1. The second-order valence-electron chi connectivity index (χ2n) is 7.47. The summed E-state index contributed by atoms with van der Waals surface area (Å²) in [6, 6.07) is 15.7. The summed E-state index contributed by atoms with van der Waals surface area (Å²) in [5, 5.41) is 2.69. The van der Waals surface area contributed by atoms with Crippen LogP contribution in [0.15, 0.2) is 59.1 Å². The maximum Gasteiger partial charge on any atom is 0.325 e. The first-order valence-electron chi connectivity index (χ1n) is 9.71. The molecule has 31 heavy (non-hydrogen) atoms. The van der Waals surface area contributed by atoms with Crippen LogP contribution >= 0.6 is 15.9 Å². The van der Waals surface area contributed by atoms with Crippen molar-refractivity contribution in [3.8, 4) is 0 Å². The number of primary amides is 1. The van der Waals surface area contributed by atoms with Crippen LogP contribution < -0.4 is 11.1 Å². The first-order valence-corrected chi connectivity index (χ1v) is 10.5.